The molecule has 2 rings (SSSR count). The van der Waals surface area contributed by atoms with Gasteiger partial charge in [0.2, 0.25) is 5.91 Å². The topological polar surface area (TPSA) is 64.8 Å². The Balaban J connectivity index is 2.04. The molecule has 0 unspecified atom stereocenters. The zero-order valence-corrected chi connectivity index (χ0v) is 12.1. The van der Waals surface area contributed by atoms with Gasteiger partial charge in [-0.05, 0) is 30.9 Å². The molecule has 1 aliphatic heterocycles. The van der Waals surface area contributed by atoms with E-state index in [2.05, 4.69) is 0 Å². The first-order valence-electron chi connectivity index (χ1n) is 6.94. The van der Waals surface area contributed by atoms with Crippen LogP contribution in [0.4, 0.5) is 5.69 Å². The second kappa shape index (κ2) is 6.50. The summed E-state index contributed by atoms with van der Waals surface area (Å²) in [7, 11) is 3.18. The highest BCUT2D eigenvalue weighted by Crippen LogP contribution is 2.31. The van der Waals surface area contributed by atoms with Crippen LogP contribution in [0.15, 0.2) is 12.1 Å². The van der Waals surface area contributed by atoms with Crippen molar-refractivity contribution in [2.75, 3.05) is 33.0 Å². The number of rotatable bonds is 5. The van der Waals surface area contributed by atoms with Crippen molar-refractivity contribution in [1.29, 1.82) is 0 Å². The molecule has 1 amide bonds. The predicted octanol–water partition coefficient (Wildman–Crippen LogP) is 1.84. The first-order valence-corrected chi connectivity index (χ1v) is 6.94. The van der Waals surface area contributed by atoms with Crippen LogP contribution in [-0.4, -0.2) is 38.1 Å². The second-order valence-electron chi connectivity index (χ2n) is 4.99. The van der Waals surface area contributed by atoms with Crippen molar-refractivity contribution in [3.63, 3.8) is 0 Å². The summed E-state index contributed by atoms with van der Waals surface area (Å²) in [5.41, 5.74) is 7.42. The Morgan fingerprint density at radius 1 is 1.20 bits per heavy atom. The molecule has 1 aliphatic rings. The predicted molar refractivity (Wildman–Crippen MR) is 78.1 cm³/mol. The zero-order valence-electron chi connectivity index (χ0n) is 12.1. The third kappa shape index (κ3) is 3.15. The number of anilines is 1. The first kappa shape index (κ1) is 14.5. The number of nitrogens with two attached hydrogens (primary N) is 1. The first-order chi connectivity index (χ1) is 9.65. The lowest BCUT2D eigenvalue weighted by Gasteiger charge is -2.16. The Morgan fingerprint density at radius 2 is 1.85 bits per heavy atom. The van der Waals surface area contributed by atoms with Gasteiger partial charge in [0.05, 0.1) is 19.9 Å². The number of aryl methyl sites for hydroxylation is 1. The molecule has 2 N–H and O–H groups in total. The van der Waals surface area contributed by atoms with Crippen molar-refractivity contribution in [3.05, 3.63) is 17.7 Å². The third-order valence-electron chi connectivity index (χ3n) is 3.70. The van der Waals surface area contributed by atoms with E-state index in [9.17, 15) is 4.79 Å². The van der Waals surface area contributed by atoms with E-state index in [0.717, 1.165) is 31.5 Å². The summed E-state index contributed by atoms with van der Waals surface area (Å²) in [6.07, 6.45) is 3.35. The molecule has 1 saturated heterocycles. The van der Waals surface area contributed by atoms with Crippen LogP contribution in [0.1, 0.15) is 24.8 Å². The standard InChI is InChI=1S/C15H22N2O3/c1-19-13-10-14(20-2)12(16)9-11(13)5-6-15(18)17-7-3-4-8-17/h9-10H,3-8,16H2,1-2H3. The fraction of sp³-hybridized carbons (Fsp3) is 0.533. The molecule has 0 bridgehead atoms. The monoisotopic (exact) mass is 278 g/mol. The molecule has 0 radical (unpaired) electrons. The highest BCUT2D eigenvalue weighted by molar-refractivity contribution is 5.77. The third-order valence-corrected chi connectivity index (χ3v) is 3.70. The van der Waals surface area contributed by atoms with Gasteiger partial charge in [0, 0.05) is 25.6 Å². The molecule has 0 aliphatic carbocycles. The number of ether oxygens (including phenoxy) is 2. The summed E-state index contributed by atoms with van der Waals surface area (Å²) in [6, 6.07) is 3.60. The van der Waals surface area contributed by atoms with Gasteiger partial charge < -0.3 is 20.1 Å². The fourth-order valence-corrected chi connectivity index (χ4v) is 2.55. The van der Waals surface area contributed by atoms with Gasteiger partial charge in [-0.1, -0.05) is 0 Å². The van der Waals surface area contributed by atoms with Crippen LogP contribution < -0.4 is 15.2 Å². The van der Waals surface area contributed by atoms with E-state index < -0.39 is 0 Å². The number of likely N-dealkylation sites (tertiary alicyclic amines) is 1. The minimum Gasteiger partial charge on any atom is -0.496 e. The lowest BCUT2D eigenvalue weighted by molar-refractivity contribution is -0.130. The maximum Gasteiger partial charge on any atom is 0.222 e. The Bertz CT molecular complexity index is 482. The number of benzene rings is 1. The summed E-state index contributed by atoms with van der Waals surface area (Å²) in [4.78, 5) is 14.0. The van der Waals surface area contributed by atoms with Crippen LogP contribution in [0.5, 0.6) is 11.5 Å². The summed E-state index contributed by atoms with van der Waals surface area (Å²) in [5, 5.41) is 0. The van der Waals surface area contributed by atoms with Gasteiger partial charge in [-0.3, -0.25) is 4.79 Å². The van der Waals surface area contributed by atoms with Crippen molar-refractivity contribution in [1.82, 2.24) is 4.90 Å². The lowest BCUT2D eigenvalue weighted by atomic mass is 10.1. The van der Waals surface area contributed by atoms with E-state index in [1.54, 1.807) is 20.3 Å². The second-order valence-corrected chi connectivity index (χ2v) is 4.99. The molecule has 1 heterocycles. The highest BCUT2D eigenvalue weighted by atomic mass is 16.5. The Kier molecular flexibility index (Phi) is 4.71. The molecule has 0 saturated carbocycles. The normalized spacial score (nSPS) is 14.4. The summed E-state index contributed by atoms with van der Waals surface area (Å²) in [5.74, 6) is 1.51. The van der Waals surface area contributed by atoms with Crippen LogP contribution in [0, 0.1) is 0 Å². The number of nitrogen functional groups attached to an aromatic ring is 1. The van der Waals surface area contributed by atoms with E-state index in [0.29, 0.717) is 30.0 Å². The lowest BCUT2D eigenvalue weighted by Crippen LogP contribution is -2.27. The van der Waals surface area contributed by atoms with Crippen molar-refractivity contribution < 1.29 is 14.3 Å². The van der Waals surface area contributed by atoms with Gasteiger partial charge >= 0.3 is 0 Å². The van der Waals surface area contributed by atoms with E-state index in [1.165, 1.54) is 0 Å². The van der Waals surface area contributed by atoms with Gasteiger partial charge in [-0.25, -0.2) is 0 Å². The molecule has 1 aromatic carbocycles. The molecule has 5 heteroatoms. The largest absolute Gasteiger partial charge is 0.496 e. The van der Waals surface area contributed by atoms with Crippen LogP contribution in [0.2, 0.25) is 0 Å². The van der Waals surface area contributed by atoms with E-state index in [-0.39, 0.29) is 5.91 Å². The number of hydrogen-bond donors (Lipinski definition) is 1. The Morgan fingerprint density at radius 3 is 2.45 bits per heavy atom. The number of carbonyl (C=O) groups excluding carboxylic acids is 1. The molecule has 0 atom stereocenters. The van der Waals surface area contributed by atoms with Crippen molar-refractivity contribution in [2.24, 2.45) is 0 Å². The van der Waals surface area contributed by atoms with Crippen LogP contribution in [-0.2, 0) is 11.2 Å². The number of amides is 1. The minimum atomic E-state index is 0.207. The quantitative estimate of drug-likeness (QED) is 0.835. The van der Waals surface area contributed by atoms with E-state index in [4.69, 9.17) is 15.2 Å². The average molecular weight is 278 g/mol. The van der Waals surface area contributed by atoms with Crippen molar-refractivity contribution >= 4 is 11.6 Å². The Hall–Kier alpha value is -1.91. The zero-order chi connectivity index (χ0) is 14.5. The van der Waals surface area contributed by atoms with Crippen LogP contribution >= 0.6 is 0 Å². The maximum atomic E-state index is 12.1. The van der Waals surface area contributed by atoms with E-state index >= 15 is 0 Å². The number of hydrogen-bond acceptors (Lipinski definition) is 4. The molecular weight excluding hydrogens is 256 g/mol. The summed E-state index contributed by atoms with van der Waals surface area (Å²) >= 11 is 0. The number of carbonyl (C=O) groups is 1. The Labute approximate surface area is 119 Å². The molecule has 0 spiro atoms. The molecule has 5 nitrogen and oxygen atoms in total. The fourth-order valence-electron chi connectivity index (χ4n) is 2.55. The molecule has 20 heavy (non-hydrogen) atoms. The smallest absolute Gasteiger partial charge is 0.222 e. The molecule has 1 aromatic rings. The maximum absolute atomic E-state index is 12.1. The summed E-state index contributed by atoms with van der Waals surface area (Å²) in [6.45, 7) is 1.78. The van der Waals surface area contributed by atoms with Gasteiger partial charge in [-0.2, -0.15) is 0 Å². The average Bonchev–Trinajstić information content (AvgIpc) is 2.99. The van der Waals surface area contributed by atoms with Crippen LogP contribution in [0.3, 0.4) is 0 Å². The van der Waals surface area contributed by atoms with Gasteiger partial charge in [0.15, 0.2) is 0 Å². The number of nitrogens with zero attached hydrogens (tertiary/aromatic N) is 1. The van der Waals surface area contributed by atoms with Crippen molar-refractivity contribution in [3.8, 4) is 11.5 Å². The molecular formula is C15H22N2O3. The molecule has 0 aromatic heterocycles. The molecule has 110 valence electrons. The van der Waals surface area contributed by atoms with Gasteiger partial charge in [-0.15, -0.1) is 0 Å². The van der Waals surface area contributed by atoms with Crippen LogP contribution in [0.25, 0.3) is 0 Å². The SMILES string of the molecule is COc1cc(OC)c(CCC(=O)N2CCCC2)cc1N. The number of methoxy groups -OCH3 is 2. The summed E-state index contributed by atoms with van der Waals surface area (Å²) < 4.78 is 10.5. The van der Waals surface area contributed by atoms with Gasteiger partial charge in [0.1, 0.15) is 11.5 Å². The molecule has 1 fully saturated rings. The van der Waals surface area contributed by atoms with Gasteiger partial charge in [0.25, 0.3) is 0 Å². The van der Waals surface area contributed by atoms with E-state index in [1.807, 2.05) is 11.0 Å². The minimum absolute atomic E-state index is 0.207. The van der Waals surface area contributed by atoms with Crippen molar-refractivity contribution in [2.45, 2.75) is 25.7 Å². The highest BCUT2D eigenvalue weighted by Gasteiger charge is 2.18.